The van der Waals surface area contributed by atoms with Gasteiger partial charge in [0.15, 0.2) is 0 Å². The lowest BCUT2D eigenvalue weighted by atomic mass is 9.58. The Morgan fingerprint density at radius 1 is 0.931 bits per heavy atom. The summed E-state index contributed by atoms with van der Waals surface area (Å²) in [5.41, 5.74) is 4.74. The molecular weight excluding hydrogens is 392 g/mol. The number of phenolic OH excluding ortho intramolecular Hbond substituents is 1. The summed E-state index contributed by atoms with van der Waals surface area (Å²) in [7, 11) is 0. The van der Waals surface area contributed by atoms with Gasteiger partial charge in [0.25, 0.3) is 0 Å². The number of fused-ring (bicyclic) bond motifs is 3. The lowest BCUT2D eigenvalue weighted by Crippen LogP contribution is -2.41. The average molecular weight is 429 g/mol. The molecule has 1 spiro atoms. The van der Waals surface area contributed by atoms with Gasteiger partial charge >= 0.3 is 0 Å². The van der Waals surface area contributed by atoms with Crippen LogP contribution in [-0.2, 0) is 6.42 Å². The molecule has 158 valence electrons. The molecule has 1 heterocycles. The van der Waals surface area contributed by atoms with E-state index in [1.165, 1.54) is 53.9 Å². The summed E-state index contributed by atoms with van der Waals surface area (Å²) in [6, 6.07) is 16.4. The van der Waals surface area contributed by atoms with Crippen LogP contribution in [0.5, 0.6) is 5.75 Å². The third-order valence-corrected chi connectivity index (χ3v) is 10.2. The van der Waals surface area contributed by atoms with Crippen LogP contribution in [0.15, 0.2) is 48.5 Å². The molecule has 2 aromatic rings. The molecule has 0 unspecified atom stereocenters. The third-order valence-electron chi connectivity index (χ3n) is 6.65. The minimum absolute atomic E-state index is 0.433. The van der Waals surface area contributed by atoms with Crippen LogP contribution in [0.25, 0.3) is 0 Å². The van der Waals surface area contributed by atoms with E-state index in [2.05, 4.69) is 55.6 Å². The average Bonchev–Trinajstić information content (AvgIpc) is 3.20. The normalized spacial score (nSPS) is 26.3. The van der Waals surface area contributed by atoms with E-state index in [-0.39, 0.29) is 0 Å². The summed E-state index contributed by atoms with van der Waals surface area (Å²) >= 11 is 4.42. The number of thioether (sulfide) groups is 2. The lowest BCUT2D eigenvalue weighted by Gasteiger charge is -2.51. The van der Waals surface area contributed by atoms with E-state index in [0.717, 1.165) is 6.42 Å². The van der Waals surface area contributed by atoms with Crippen LogP contribution in [-0.4, -0.2) is 20.7 Å². The standard InChI is InChI=1S/C17H22OS2.C7H8.C2H6/c1-16-5-4-12-10-13(18)2-3-14(12)15(16)11-17(7-6-16)19-8-9-20-17;1-7-5-3-2-4-6-7;1-2/h2-3,10,15,18H,4-9,11H2,1H3;2-6H,1H3;1-2H3/t15-,16+;;/m1../s1. The molecule has 1 saturated heterocycles. The molecule has 1 N–H and O–H groups in total. The number of phenols is 1. The van der Waals surface area contributed by atoms with Gasteiger partial charge < -0.3 is 5.11 Å². The second-order valence-corrected chi connectivity index (χ2v) is 11.8. The summed E-state index contributed by atoms with van der Waals surface area (Å²) in [5.74, 6) is 3.79. The molecule has 1 saturated carbocycles. The fourth-order valence-electron chi connectivity index (χ4n) is 4.96. The highest BCUT2D eigenvalue weighted by molar-refractivity contribution is 8.21. The quantitative estimate of drug-likeness (QED) is 0.462. The van der Waals surface area contributed by atoms with E-state index in [1.54, 1.807) is 0 Å². The Morgan fingerprint density at radius 2 is 1.62 bits per heavy atom. The van der Waals surface area contributed by atoms with Gasteiger partial charge in [0.2, 0.25) is 0 Å². The van der Waals surface area contributed by atoms with Crippen molar-refractivity contribution in [1.82, 2.24) is 0 Å². The first-order valence-corrected chi connectivity index (χ1v) is 13.1. The first kappa shape index (κ1) is 22.6. The Labute approximate surface area is 186 Å². The van der Waals surface area contributed by atoms with Crippen molar-refractivity contribution in [1.29, 1.82) is 0 Å². The molecule has 2 aromatic carbocycles. The Bertz CT molecular complexity index is 783. The number of benzene rings is 2. The molecule has 3 heteroatoms. The van der Waals surface area contributed by atoms with Gasteiger partial charge in [0.05, 0.1) is 4.08 Å². The largest absolute Gasteiger partial charge is 0.508 e. The van der Waals surface area contributed by atoms with Crippen molar-refractivity contribution in [3.63, 3.8) is 0 Å². The molecular formula is C26H36OS2. The number of rotatable bonds is 0. The summed E-state index contributed by atoms with van der Waals surface area (Å²) in [4.78, 5) is 0. The minimum Gasteiger partial charge on any atom is -0.508 e. The molecule has 0 amide bonds. The van der Waals surface area contributed by atoms with Crippen LogP contribution in [0.4, 0.5) is 0 Å². The van der Waals surface area contributed by atoms with Crippen LogP contribution < -0.4 is 0 Å². The summed E-state index contributed by atoms with van der Waals surface area (Å²) in [6.45, 7) is 8.59. The SMILES string of the molecule is CC.C[C@@]12CCc3cc(O)ccc3[C@H]1CC1(CC2)SCCS1.Cc1ccccc1. The van der Waals surface area contributed by atoms with E-state index in [9.17, 15) is 5.11 Å². The van der Waals surface area contributed by atoms with Crippen molar-refractivity contribution in [2.24, 2.45) is 5.41 Å². The van der Waals surface area contributed by atoms with E-state index in [0.29, 0.717) is 21.2 Å². The van der Waals surface area contributed by atoms with Gasteiger partial charge in [-0.15, -0.1) is 23.5 Å². The molecule has 2 fully saturated rings. The van der Waals surface area contributed by atoms with E-state index in [4.69, 9.17) is 0 Å². The fourth-order valence-corrected chi connectivity index (χ4v) is 8.26. The van der Waals surface area contributed by atoms with Crippen LogP contribution in [0.2, 0.25) is 0 Å². The van der Waals surface area contributed by atoms with E-state index < -0.39 is 0 Å². The van der Waals surface area contributed by atoms with Gasteiger partial charge in [-0.25, -0.2) is 0 Å². The van der Waals surface area contributed by atoms with Crippen LogP contribution in [0.1, 0.15) is 69.1 Å². The Morgan fingerprint density at radius 3 is 2.24 bits per heavy atom. The van der Waals surface area contributed by atoms with Gasteiger partial charge in [-0.1, -0.05) is 62.7 Å². The molecule has 1 aliphatic heterocycles. The van der Waals surface area contributed by atoms with Crippen molar-refractivity contribution in [2.45, 2.75) is 69.8 Å². The van der Waals surface area contributed by atoms with Crippen LogP contribution in [0.3, 0.4) is 0 Å². The Hall–Kier alpha value is -1.06. The molecule has 5 rings (SSSR count). The van der Waals surface area contributed by atoms with Crippen molar-refractivity contribution in [3.05, 3.63) is 65.2 Å². The maximum Gasteiger partial charge on any atom is 0.115 e. The predicted octanol–water partition coefficient (Wildman–Crippen LogP) is 7.81. The van der Waals surface area contributed by atoms with Crippen molar-refractivity contribution in [2.75, 3.05) is 11.5 Å². The van der Waals surface area contributed by atoms with Crippen LogP contribution in [0, 0.1) is 12.3 Å². The molecule has 2 aliphatic carbocycles. The number of aryl methyl sites for hydroxylation is 2. The first-order chi connectivity index (χ1) is 14.0. The van der Waals surface area contributed by atoms with Gasteiger partial charge in [0.1, 0.15) is 5.75 Å². The molecule has 1 nitrogen and oxygen atoms in total. The Balaban J connectivity index is 0.000000226. The Kier molecular flexibility index (Phi) is 7.67. The smallest absolute Gasteiger partial charge is 0.115 e. The van der Waals surface area contributed by atoms with Crippen molar-refractivity contribution >= 4 is 23.5 Å². The monoisotopic (exact) mass is 428 g/mol. The molecule has 2 atom stereocenters. The fraction of sp³-hybridized carbons (Fsp3) is 0.538. The molecule has 0 bridgehead atoms. The summed E-state index contributed by atoms with van der Waals surface area (Å²) in [6.07, 6.45) is 6.53. The van der Waals surface area contributed by atoms with Gasteiger partial charge in [-0.2, -0.15) is 0 Å². The highest BCUT2D eigenvalue weighted by atomic mass is 32.2. The minimum atomic E-state index is 0.433. The maximum atomic E-state index is 9.75. The van der Waals surface area contributed by atoms with Crippen molar-refractivity contribution in [3.8, 4) is 5.75 Å². The first-order valence-electron chi connectivity index (χ1n) is 11.1. The number of hydrogen-bond donors (Lipinski definition) is 1. The maximum absolute atomic E-state index is 9.75. The zero-order valence-electron chi connectivity index (χ0n) is 18.4. The second-order valence-electron chi connectivity index (χ2n) is 8.56. The van der Waals surface area contributed by atoms with Gasteiger partial charge in [-0.05, 0) is 73.6 Å². The van der Waals surface area contributed by atoms with Crippen LogP contribution >= 0.6 is 23.5 Å². The van der Waals surface area contributed by atoms with Crippen molar-refractivity contribution < 1.29 is 5.11 Å². The number of hydrogen-bond acceptors (Lipinski definition) is 3. The highest BCUT2D eigenvalue weighted by Crippen LogP contribution is 2.63. The molecule has 3 aliphatic rings. The van der Waals surface area contributed by atoms with Gasteiger partial charge in [-0.3, -0.25) is 0 Å². The number of aromatic hydroxyl groups is 1. The van der Waals surface area contributed by atoms with Gasteiger partial charge in [0, 0.05) is 11.5 Å². The molecule has 0 radical (unpaired) electrons. The second kappa shape index (κ2) is 9.83. The highest BCUT2D eigenvalue weighted by Gasteiger charge is 2.50. The summed E-state index contributed by atoms with van der Waals surface area (Å²) < 4.78 is 0.497. The zero-order chi connectivity index (χ0) is 20.9. The lowest BCUT2D eigenvalue weighted by molar-refractivity contribution is 0.145. The molecule has 0 aromatic heterocycles. The van der Waals surface area contributed by atoms with E-state index >= 15 is 0 Å². The predicted molar refractivity (Wildman–Crippen MR) is 131 cm³/mol. The topological polar surface area (TPSA) is 20.2 Å². The molecule has 29 heavy (non-hydrogen) atoms. The third kappa shape index (κ3) is 5.17. The zero-order valence-corrected chi connectivity index (χ0v) is 20.0. The van der Waals surface area contributed by atoms with E-state index in [1.807, 2.05) is 44.2 Å². The summed E-state index contributed by atoms with van der Waals surface area (Å²) in [5, 5.41) is 9.75.